The van der Waals surface area contributed by atoms with Crippen LogP contribution in [0.25, 0.3) is 0 Å². The molecule has 2 saturated heterocycles. The number of ether oxygens (including phenoxy) is 12. The van der Waals surface area contributed by atoms with Crippen LogP contribution in [-0.4, -0.2) is 149 Å². The van der Waals surface area contributed by atoms with Crippen molar-refractivity contribution in [1.29, 1.82) is 0 Å². The van der Waals surface area contributed by atoms with Gasteiger partial charge in [0.2, 0.25) is 0 Å². The molecule has 356 valence electrons. The number of hydrogen-bond acceptors (Lipinski definition) is 21. The summed E-state index contributed by atoms with van der Waals surface area (Å²) >= 11 is 0.694. The van der Waals surface area contributed by atoms with Gasteiger partial charge in [-0.1, -0.05) is 11.8 Å². The molecule has 2 heterocycles. The SMILES string of the molecule is COc1cc(OC)cc(C(=O)N[C@@H]2[C@@H](OC(C)=O)[C@@H](COC(C)=O)O[C@@H](S[C@@H]3O[C@H](COC(C)=O)[C@H](OC(C)=O)[C@@H](NC(=O)c4cc(OC)cc(OC)c4)[C@H]3OC(C)=O)[C@@H]2OC(C)=O)c1. The van der Waals surface area contributed by atoms with Crippen molar-refractivity contribution in [2.24, 2.45) is 0 Å². The largest absolute Gasteiger partial charge is 0.497 e. The molecule has 2 amide bonds. The van der Waals surface area contributed by atoms with Crippen LogP contribution in [0.15, 0.2) is 36.4 Å². The molecule has 0 bridgehead atoms. The van der Waals surface area contributed by atoms with Crippen molar-refractivity contribution in [2.75, 3.05) is 41.7 Å². The quantitative estimate of drug-likeness (QED) is 0.159. The van der Waals surface area contributed by atoms with Crippen molar-refractivity contribution in [2.45, 2.75) is 101 Å². The van der Waals surface area contributed by atoms with E-state index in [0.717, 1.165) is 41.5 Å². The lowest BCUT2D eigenvalue weighted by molar-refractivity contribution is -0.208. The maximum absolute atomic E-state index is 14.1. The zero-order valence-corrected chi connectivity index (χ0v) is 38.0. The van der Waals surface area contributed by atoms with Gasteiger partial charge in [0.05, 0.1) is 28.4 Å². The van der Waals surface area contributed by atoms with Crippen LogP contribution in [0.2, 0.25) is 0 Å². The summed E-state index contributed by atoms with van der Waals surface area (Å²) in [6.45, 7) is 5.38. The smallest absolute Gasteiger partial charge is 0.303 e. The Kier molecular flexibility index (Phi) is 18.6. The number of rotatable bonds is 18. The molecular weight excluding hydrogens is 885 g/mol. The first-order chi connectivity index (χ1) is 30.8. The molecule has 0 saturated carbocycles. The lowest BCUT2D eigenvalue weighted by Gasteiger charge is -2.49. The fourth-order valence-electron chi connectivity index (χ4n) is 6.85. The van der Waals surface area contributed by atoms with E-state index in [9.17, 15) is 38.4 Å². The predicted octanol–water partition coefficient (Wildman–Crippen LogP) is 1.65. The van der Waals surface area contributed by atoms with Gasteiger partial charge in [0.25, 0.3) is 11.8 Å². The summed E-state index contributed by atoms with van der Waals surface area (Å²) in [6, 6.07) is 5.62. The third kappa shape index (κ3) is 14.3. The standard InChI is InChI=1S/C42H52N2O20S/c1-19(45)57-17-31-35(59-21(3)47)33(43-39(51)25-11-27(53-7)15-28(12-25)54-8)37(61-23(5)49)41(63-31)65-42-38(62-24(6)50)34(36(60-22(4)48)32(64-42)18-58-20(2)46)44-40(52)26-13-29(55-9)16-30(14-26)56-10/h11-16,31-38,41-42H,17-18H2,1-10H3,(H,43,51)(H,44,52)/t31-,32-,33-,34-,35+,36+,37-,38-,41+,42+/m1/s1. The van der Waals surface area contributed by atoms with E-state index in [1.807, 2.05) is 0 Å². The highest BCUT2D eigenvalue weighted by Gasteiger charge is 2.56. The fourth-order valence-corrected chi connectivity index (χ4v) is 8.28. The average molecular weight is 937 g/mol. The van der Waals surface area contributed by atoms with Crippen LogP contribution in [0, 0.1) is 0 Å². The minimum atomic E-state index is -1.59. The Hall–Kier alpha value is -6.33. The molecule has 0 radical (unpaired) electrons. The summed E-state index contributed by atoms with van der Waals surface area (Å²) < 4.78 is 67.7. The van der Waals surface area contributed by atoms with E-state index in [2.05, 4.69) is 10.6 Å². The Morgan fingerprint density at radius 2 is 0.754 bits per heavy atom. The maximum atomic E-state index is 14.1. The molecule has 2 aromatic carbocycles. The minimum absolute atomic E-state index is 0.000757. The topological polar surface area (TPSA) is 271 Å². The van der Waals surface area contributed by atoms with Gasteiger partial charge in [-0.05, 0) is 24.3 Å². The molecule has 65 heavy (non-hydrogen) atoms. The molecule has 22 nitrogen and oxygen atoms in total. The normalized spacial score (nSPS) is 24.7. The molecule has 0 aromatic heterocycles. The Morgan fingerprint density at radius 1 is 0.462 bits per heavy atom. The second kappa shape index (κ2) is 23.6. The van der Waals surface area contributed by atoms with Crippen molar-refractivity contribution < 1.29 is 95.2 Å². The lowest BCUT2D eigenvalue weighted by Crippen LogP contribution is -2.68. The molecule has 2 N–H and O–H groups in total. The molecule has 0 spiro atoms. The van der Waals surface area contributed by atoms with Crippen LogP contribution in [0.1, 0.15) is 62.3 Å². The molecule has 0 aliphatic carbocycles. The van der Waals surface area contributed by atoms with Crippen LogP contribution < -0.4 is 29.6 Å². The van der Waals surface area contributed by atoms with Crippen molar-refractivity contribution in [3.05, 3.63) is 47.5 Å². The van der Waals surface area contributed by atoms with Crippen molar-refractivity contribution in [3.8, 4) is 23.0 Å². The van der Waals surface area contributed by atoms with Gasteiger partial charge in [-0.25, -0.2) is 0 Å². The number of benzene rings is 2. The second-order valence-corrected chi connectivity index (χ2v) is 15.5. The highest BCUT2D eigenvalue weighted by Crippen LogP contribution is 2.41. The van der Waals surface area contributed by atoms with Gasteiger partial charge < -0.3 is 67.5 Å². The van der Waals surface area contributed by atoms with E-state index in [-0.39, 0.29) is 34.1 Å². The molecule has 2 fully saturated rings. The zero-order valence-electron chi connectivity index (χ0n) is 37.2. The van der Waals surface area contributed by atoms with Crippen LogP contribution >= 0.6 is 11.8 Å². The van der Waals surface area contributed by atoms with Crippen molar-refractivity contribution in [1.82, 2.24) is 10.6 Å². The number of carbonyl (C=O) groups is 8. The Labute approximate surface area is 377 Å². The Balaban J connectivity index is 1.90. The van der Waals surface area contributed by atoms with E-state index in [1.165, 1.54) is 64.8 Å². The number of hydrogen-bond donors (Lipinski definition) is 2. The number of carbonyl (C=O) groups excluding carboxylic acids is 8. The monoisotopic (exact) mass is 936 g/mol. The summed E-state index contributed by atoms with van der Waals surface area (Å²) in [6.07, 6.45) is -8.97. The molecule has 0 unspecified atom stereocenters. The fraction of sp³-hybridized carbons (Fsp3) is 0.524. The van der Waals surface area contributed by atoms with E-state index < -0.39 is 120 Å². The van der Waals surface area contributed by atoms with E-state index in [0.29, 0.717) is 11.8 Å². The lowest BCUT2D eigenvalue weighted by atomic mass is 9.95. The summed E-state index contributed by atoms with van der Waals surface area (Å²) in [4.78, 5) is 104. The number of methoxy groups -OCH3 is 4. The van der Waals surface area contributed by atoms with E-state index in [1.54, 1.807) is 0 Å². The number of thioether (sulfide) groups is 1. The van der Waals surface area contributed by atoms with Gasteiger partial charge in [0.1, 0.15) is 71.4 Å². The first kappa shape index (κ1) is 51.3. The first-order valence-corrected chi connectivity index (χ1v) is 20.7. The molecule has 23 heteroatoms. The number of nitrogens with one attached hydrogen (secondary N) is 2. The molecule has 4 rings (SSSR count). The summed E-state index contributed by atoms with van der Waals surface area (Å²) in [7, 11) is 5.49. The highest BCUT2D eigenvalue weighted by atomic mass is 32.2. The third-order valence-corrected chi connectivity index (χ3v) is 10.8. The maximum Gasteiger partial charge on any atom is 0.303 e. The first-order valence-electron chi connectivity index (χ1n) is 19.8. The predicted molar refractivity (Wildman–Crippen MR) is 222 cm³/mol. The molecule has 2 aliphatic heterocycles. The van der Waals surface area contributed by atoms with Gasteiger partial charge in [-0.2, -0.15) is 0 Å². The third-order valence-electron chi connectivity index (χ3n) is 9.50. The van der Waals surface area contributed by atoms with Gasteiger partial charge in [-0.3, -0.25) is 38.4 Å². The van der Waals surface area contributed by atoms with Gasteiger partial charge in [-0.15, -0.1) is 0 Å². The Bertz CT molecular complexity index is 1890. The summed E-state index contributed by atoms with van der Waals surface area (Å²) in [5.41, 5.74) is -3.00. The van der Waals surface area contributed by atoms with Gasteiger partial charge >= 0.3 is 35.8 Å². The summed E-state index contributed by atoms with van der Waals surface area (Å²) in [5.74, 6) is -5.65. The van der Waals surface area contributed by atoms with Crippen LogP contribution in [0.3, 0.4) is 0 Å². The van der Waals surface area contributed by atoms with Crippen LogP contribution in [-0.2, 0) is 66.7 Å². The van der Waals surface area contributed by atoms with Crippen LogP contribution in [0.5, 0.6) is 23.0 Å². The van der Waals surface area contributed by atoms with E-state index >= 15 is 0 Å². The molecular formula is C42H52N2O20S. The van der Waals surface area contributed by atoms with E-state index in [4.69, 9.17) is 56.8 Å². The zero-order chi connectivity index (χ0) is 48.1. The molecule has 2 aliphatic rings. The minimum Gasteiger partial charge on any atom is -0.497 e. The van der Waals surface area contributed by atoms with Crippen LogP contribution in [0.4, 0.5) is 0 Å². The van der Waals surface area contributed by atoms with Crippen molar-refractivity contribution in [3.63, 3.8) is 0 Å². The molecule has 2 aromatic rings. The van der Waals surface area contributed by atoms with Crippen molar-refractivity contribution >= 4 is 59.4 Å². The van der Waals surface area contributed by atoms with Gasteiger partial charge in [0, 0.05) is 64.8 Å². The number of esters is 6. The Morgan fingerprint density at radius 3 is 1.02 bits per heavy atom. The highest BCUT2D eigenvalue weighted by molar-refractivity contribution is 8.00. The van der Waals surface area contributed by atoms with Gasteiger partial charge in [0.15, 0.2) is 24.4 Å². The molecule has 10 atom stereocenters. The second-order valence-electron chi connectivity index (χ2n) is 14.3. The average Bonchev–Trinajstić information content (AvgIpc) is 3.24. The summed E-state index contributed by atoms with van der Waals surface area (Å²) in [5, 5.41) is 5.52. The number of amides is 2.